The number of benzene rings is 3. The van der Waals surface area contributed by atoms with Crippen molar-refractivity contribution in [3.63, 3.8) is 0 Å². The highest BCUT2D eigenvalue weighted by Crippen LogP contribution is 2.45. The third-order valence-electron chi connectivity index (χ3n) is 7.81. The summed E-state index contributed by atoms with van der Waals surface area (Å²) in [5.74, 6) is 0.996. The molecular formula is C32H34ClN2O2S. The summed E-state index contributed by atoms with van der Waals surface area (Å²) in [5.41, 5.74) is 4.25. The van der Waals surface area contributed by atoms with Crippen LogP contribution in [-0.4, -0.2) is 60.8 Å². The number of fused-ring (bicyclic) bond motifs is 1. The van der Waals surface area contributed by atoms with Gasteiger partial charge in [-0.3, -0.25) is 4.90 Å². The predicted octanol–water partition coefficient (Wildman–Crippen LogP) is 7.51. The minimum absolute atomic E-state index is 0.107. The SMILES string of the molecule is Oc1cc2sc(-c3ccc(OCCN4CCCC4)cc3)[c]c2c(-c2ccc(CCN3CCCC3)cc2)c1Cl. The van der Waals surface area contributed by atoms with Crippen LogP contribution in [0.25, 0.3) is 31.7 Å². The van der Waals surface area contributed by atoms with Crippen molar-refractivity contribution in [3.05, 3.63) is 71.2 Å². The summed E-state index contributed by atoms with van der Waals surface area (Å²) < 4.78 is 6.95. The van der Waals surface area contributed by atoms with E-state index in [0.717, 1.165) is 56.9 Å². The molecule has 0 atom stereocenters. The van der Waals surface area contributed by atoms with Gasteiger partial charge in [-0.2, -0.15) is 0 Å². The van der Waals surface area contributed by atoms with Crippen molar-refractivity contribution in [2.45, 2.75) is 32.1 Å². The van der Waals surface area contributed by atoms with E-state index in [2.05, 4.69) is 52.3 Å². The quantitative estimate of drug-likeness (QED) is 0.236. The number of likely N-dealkylation sites (tertiary alicyclic amines) is 2. The summed E-state index contributed by atoms with van der Waals surface area (Å²) in [6.07, 6.45) is 6.29. The zero-order chi connectivity index (χ0) is 25.9. The Labute approximate surface area is 234 Å². The second kappa shape index (κ2) is 11.7. The largest absolute Gasteiger partial charge is 0.506 e. The van der Waals surface area contributed by atoms with Crippen LogP contribution >= 0.6 is 22.9 Å². The van der Waals surface area contributed by atoms with E-state index >= 15 is 0 Å². The van der Waals surface area contributed by atoms with Crippen molar-refractivity contribution >= 4 is 33.0 Å². The summed E-state index contributed by atoms with van der Waals surface area (Å²) in [5, 5.41) is 12.0. The van der Waals surface area contributed by atoms with Crippen LogP contribution in [0, 0.1) is 6.07 Å². The molecule has 4 aromatic rings. The van der Waals surface area contributed by atoms with Gasteiger partial charge in [0.1, 0.15) is 18.1 Å². The molecule has 4 nitrogen and oxygen atoms in total. The molecule has 1 N–H and O–H groups in total. The lowest BCUT2D eigenvalue weighted by molar-refractivity contribution is 0.238. The molecule has 0 bridgehead atoms. The number of rotatable bonds is 9. The fourth-order valence-corrected chi connectivity index (χ4v) is 6.92. The van der Waals surface area contributed by atoms with E-state index in [4.69, 9.17) is 16.3 Å². The number of hydrogen-bond acceptors (Lipinski definition) is 5. The van der Waals surface area contributed by atoms with Gasteiger partial charge in [-0.15, -0.1) is 11.3 Å². The molecule has 3 heterocycles. The third kappa shape index (κ3) is 5.72. The monoisotopic (exact) mass is 545 g/mol. The minimum Gasteiger partial charge on any atom is -0.506 e. The lowest BCUT2D eigenvalue weighted by Crippen LogP contribution is -2.25. The van der Waals surface area contributed by atoms with Crippen LogP contribution in [0.15, 0.2) is 54.6 Å². The summed E-state index contributed by atoms with van der Waals surface area (Å²) in [6, 6.07) is 22.2. The number of nitrogens with zero attached hydrogens (tertiary/aromatic N) is 2. The summed E-state index contributed by atoms with van der Waals surface area (Å²) in [4.78, 5) is 6.02. The topological polar surface area (TPSA) is 35.9 Å². The Balaban J connectivity index is 1.20. The van der Waals surface area contributed by atoms with E-state index in [1.54, 1.807) is 17.4 Å². The molecule has 2 fully saturated rings. The standard InChI is InChI=1S/C32H34ClN2O2S/c33-32-28(36)22-30-27(31(32)25-7-5-23(6-8-25)13-18-34-14-1-2-15-34)21-29(38-30)24-9-11-26(12-10-24)37-20-19-35-16-3-4-17-35/h5-12,22,36H,1-4,13-20H2. The maximum Gasteiger partial charge on any atom is 0.136 e. The molecule has 3 aromatic carbocycles. The van der Waals surface area contributed by atoms with Gasteiger partial charge in [-0.05, 0) is 105 Å². The van der Waals surface area contributed by atoms with Gasteiger partial charge < -0.3 is 14.7 Å². The van der Waals surface area contributed by atoms with E-state index in [9.17, 15) is 5.11 Å². The maximum atomic E-state index is 10.6. The number of phenols is 1. The highest BCUT2D eigenvalue weighted by Gasteiger charge is 2.18. The number of thiophene rings is 1. The molecule has 38 heavy (non-hydrogen) atoms. The molecule has 6 heteroatoms. The van der Waals surface area contributed by atoms with Gasteiger partial charge in [0.05, 0.1) is 5.02 Å². The number of hydrogen-bond donors (Lipinski definition) is 1. The molecule has 2 aliphatic heterocycles. The minimum atomic E-state index is 0.107. The van der Waals surface area contributed by atoms with Crippen molar-refractivity contribution in [2.24, 2.45) is 0 Å². The van der Waals surface area contributed by atoms with Gasteiger partial charge in [0.2, 0.25) is 0 Å². The zero-order valence-corrected chi connectivity index (χ0v) is 23.3. The van der Waals surface area contributed by atoms with Crippen molar-refractivity contribution in [1.82, 2.24) is 9.80 Å². The summed E-state index contributed by atoms with van der Waals surface area (Å²) in [6.45, 7) is 7.63. The Kier molecular flexibility index (Phi) is 7.89. The Morgan fingerprint density at radius 3 is 2.16 bits per heavy atom. The number of halogens is 1. The van der Waals surface area contributed by atoms with E-state index in [0.29, 0.717) is 11.6 Å². The van der Waals surface area contributed by atoms with E-state index in [1.165, 1.54) is 57.4 Å². The van der Waals surface area contributed by atoms with Crippen molar-refractivity contribution in [3.8, 4) is 33.1 Å². The number of ether oxygens (including phenoxy) is 1. The number of phenolic OH excluding ortho intramolecular Hbond substituents is 1. The number of aromatic hydroxyl groups is 1. The first-order chi connectivity index (χ1) is 18.6. The Morgan fingerprint density at radius 2 is 1.47 bits per heavy atom. The van der Waals surface area contributed by atoms with Crippen LogP contribution in [0.1, 0.15) is 31.2 Å². The highest BCUT2D eigenvalue weighted by molar-refractivity contribution is 7.22. The second-order valence-electron chi connectivity index (χ2n) is 10.4. The second-order valence-corrected chi connectivity index (χ2v) is 11.9. The summed E-state index contributed by atoms with van der Waals surface area (Å²) >= 11 is 8.29. The van der Waals surface area contributed by atoms with E-state index in [-0.39, 0.29) is 5.75 Å². The lowest BCUT2D eigenvalue weighted by Gasteiger charge is -2.14. The molecule has 0 saturated carbocycles. The van der Waals surface area contributed by atoms with E-state index < -0.39 is 0 Å². The fourth-order valence-electron chi connectivity index (χ4n) is 5.61. The molecular weight excluding hydrogens is 512 g/mol. The first-order valence-corrected chi connectivity index (χ1v) is 15.0. The normalized spacial score (nSPS) is 16.6. The van der Waals surface area contributed by atoms with Gasteiger partial charge in [0.15, 0.2) is 0 Å². The van der Waals surface area contributed by atoms with Crippen LogP contribution < -0.4 is 4.74 Å². The molecule has 6 rings (SSSR count). The molecule has 2 aliphatic rings. The zero-order valence-electron chi connectivity index (χ0n) is 21.7. The molecule has 0 aliphatic carbocycles. The average molecular weight is 546 g/mol. The molecule has 1 aromatic heterocycles. The molecule has 0 amide bonds. The van der Waals surface area contributed by atoms with Crippen molar-refractivity contribution in [1.29, 1.82) is 0 Å². The van der Waals surface area contributed by atoms with Crippen molar-refractivity contribution < 1.29 is 9.84 Å². The first kappa shape index (κ1) is 25.7. The Bertz CT molecular complexity index is 1370. The van der Waals surface area contributed by atoms with E-state index in [1.807, 2.05) is 12.1 Å². The summed E-state index contributed by atoms with van der Waals surface area (Å²) in [7, 11) is 0. The van der Waals surface area contributed by atoms with Crippen LogP contribution in [0.4, 0.5) is 0 Å². The van der Waals surface area contributed by atoms with Gasteiger partial charge in [-0.25, -0.2) is 0 Å². The van der Waals surface area contributed by atoms with Gasteiger partial charge in [0.25, 0.3) is 0 Å². The van der Waals surface area contributed by atoms with Crippen LogP contribution in [0.2, 0.25) is 5.02 Å². The highest BCUT2D eigenvalue weighted by atomic mass is 35.5. The Morgan fingerprint density at radius 1 is 0.842 bits per heavy atom. The van der Waals surface area contributed by atoms with Crippen LogP contribution in [0.5, 0.6) is 11.5 Å². The fraction of sp³-hybridized carbons (Fsp3) is 0.375. The van der Waals surface area contributed by atoms with Gasteiger partial charge in [0, 0.05) is 39.7 Å². The van der Waals surface area contributed by atoms with Crippen molar-refractivity contribution in [2.75, 3.05) is 45.9 Å². The molecule has 197 valence electrons. The predicted molar refractivity (Wildman–Crippen MR) is 159 cm³/mol. The smallest absolute Gasteiger partial charge is 0.136 e. The lowest BCUT2D eigenvalue weighted by atomic mass is 9.99. The third-order valence-corrected chi connectivity index (χ3v) is 9.27. The maximum absolute atomic E-state index is 10.6. The molecule has 2 saturated heterocycles. The van der Waals surface area contributed by atoms with Crippen LogP contribution in [-0.2, 0) is 6.42 Å². The van der Waals surface area contributed by atoms with Crippen LogP contribution in [0.3, 0.4) is 0 Å². The molecule has 1 radical (unpaired) electrons. The Hall–Kier alpha value is -2.57. The molecule has 0 unspecified atom stereocenters. The van der Waals surface area contributed by atoms with Gasteiger partial charge in [-0.1, -0.05) is 35.9 Å². The molecule has 0 spiro atoms. The average Bonchev–Trinajstić information content (AvgIpc) is 3.72. The van der Waals surface area contributed by atoms with Gasteiger partial charge >= 0.3 is 0 Å². The first-order valence-electron chi connectivity index (χ1n) is 13.8.